The van der Waals surface area contributed by atoms with E-state index in [0.29, 0.717) is 17.0 Å². The second-order valence-electron chi connectivity index (χ2n) is 3.34. The number of hydrogen-bond donors (Lipinski definition) is 1. The van der Waals surface area contributed by atoms with Crippen molar-refractivity contribution in [1.29, 1.82) is 0 Å². The molecule has 18 heavy (non-hydrogen) atoms. The molecule has 0 heterocycles. The van der Waals surface area contributed by atoms with E-state index in [0.717, 1.165) is 0 Å². The van der Waals surface area contributed by atoms with E-state index >= 15 is 0 Å². The number of nitrogens with one attached hydrogen (secondary N) is 1. The predicted octanol–water partition coefficient (Wildman–Crippen LogP) is 1.76. The van der Waals surface area contributed by atoms with Gasteiger partial charge in [0.15, 0.2) is 0 Å². The van der Waals surface area contributed by atoms with Crippen LogP contribution in [0.5, 0.6) is 5.75 Å². The number of hydrogen-bond acceptors (Lipinski definition) is 6. The summed E-state index contributed by atoms with van der Waals surface area (Å²) in [7, 11) is 2.74. The lowest BCUT2D eigenvalue weighted by Crippen LogP contribution is -2.10. The molecule has 1 N–H and O–H groups in total. The molecular formula is C12H15NO5. The van der Waals surface area contributed by atoms with Crippen LogP contribution in [0.3, 0.4) is 0 Å². The van der Waals surface area contributed by atoms with Crippen LogP contribution < -0.4 is 10.2 Å². The van der Waals surface area contributed by atoms with Gasteiger partial charge in [0, 0.05) is 6.42 Å². The molecule has 1 aromatic carbocycles. The Morgan fingerprint density at radius 3 is 2.56 bits per heavy atom. The molecule has 0 atom stereocenters. The predicted molar refractivity (Wildman–Crippen MR) is 64.3 cm³/mol. The molecule has 0 aliphatic heterocycles. The van der Waals surface area contributed by atoms with Crippen molar-refractivity contribution < 1.29 is 23.9 Å². The van der Waals surface area contributed by atoms with E-state index < -0.39 is 11.9 Å². The van der Waals surface area contributed by atoms with Gasteiger partial charge in [-0.15, -0.1) is 0 Å². The average molecular weight is 253 g/mol. The van der Waals surface area contributed by atoms with Crippen LogP contribution >= 0.6 is 0 Å². The SMILES string of the molecule is CCC(=O)ONc1ccc(C(=O)OC)cc1OC. The lowest BCUT2D eigenvalue weighted by atomic mass is 10.2. The van der Waals surface area contributed by atoms with Gasteiger partial charge in [0.05, 0.1) is 19.8 Å². The van der Waals surface area contributed by atoms with Crippen LogP contribution in [0.2, 0.25) is 0 Å². The Labute approximate surface area is 105 Å². The summed E-state index contributed by atoms with van der Waals surface area (Å²) in [6.07, 6.45) is 0.259. The first-order chi connectivity index (χ1) is 8.62. The molecule has 0 aliphatic rings. The zero-order valence-electron chi connectivity index (χ0n) is 10.5. The second kappa shape index (κ2) is 6.48. The number of rotatable bonds is 5. The minimum atomic E-state index is -0.467. The summed E-state index contributed by atoms with van der Waals surface area (Å²) in [5.74, 6) is -0.485. The fourth-order valence-electron chi connectivity index (χ4n) is 1.20. The van der Waals surface area contributed by atoms with Crippen molar-refractivity contribution in [2.45, 2.75) is 13.3 Å². The fourth-order valence-corrected chi connectivity index (χ4v) is 1.20. The summed E-state index contributed by atoms with van der Waals surface area (Å²) in [6, 6.07) is 4.60. The number of ether oxygens (including phenoxy) is 2. The summed E-state index contributed by atoms with van der Waals surface area (Å²) >= 11 is 0. The van der Waals surface area contributed by atoms with E-state index in [-0.39, 0.29) is 6.42 Å². The number of carbonyl (C=O) groups excluding carboxylic acids is 2. The molecule has 0 spiro atoms. The number of esters is 1. The van der Waals surface area contributed by atoms with Crippen molar-refractivity contribution in [2.75, 3.05) is 19.7 Å². The number of benzene rings is 1. The first-order valence-electron chi connectivity index (χ1n) is 5.34. The maximum absolute atomic E-state index is 11.3. The van der Waals surface area contributed by atoms with Crippen LogP contribution in [-0.4, -0.2) is 26.2 Å². The average Bonchev–Trinajstić information content (AvgIpc) is 2.43. The molecule has 0 aromatic heterocycles. The summed E-state index contributed by atoms with van der Waals surface area (Å²) in [4.78, 5) is 27.1. The molecule has 0 unspecified atom stereocenters. The Balaban J connectivity index is 2.86. The zero-order valence-corrected chi connectivity index (χ0v) is 10.5. The molecule has 1 rings (SSSR count). The van der Waals surface area contributed by atoms with Crippen molar-refractivity contribution >= 4 is 17.6 Å². The first-order valence-corrected chi connectivity index (χ1v) is 5.34. The summed E-state index contributed by atoms with van der Waals surface area (Å²) < 4.78 is 9.68. The Morgan fingerprint density at radius 2 is 2.00 bits per heavy atom. The Hall–Kier alpha value is -2.24. The van der Waals surface area contributed by atoms with E-state index in [1.165, 1.54) is 26.4 Å². The normalized spacial score (nSPS) is 9.50. The van der Waals surface area contributed by atoms with E-state index in [1.54, 1.807) is 13.0 Å². The van der Waals surface area contributed by atoms with Gasteiger partial charge in [0.1, 0.15) is 11.4 Å². The Kier molecular flexibility index (Phi) is 4.98. The highest BCUT2D eigenvalue weighted by molar-refractivity contribution is 5.90. The molecule has 1 aromatic rings. The first kappa shape index (κ1) is 13.8. The van der Waals surface area contributed by atoms with Gasteiger partial charge < -0.3 is 14.3 Å². The number of carbonyl (C=O) groups is 2. The van der Waals surface area contributed by atoms with Crippen LogP contribution in [0.1, 0.15) is 23.7 Å². The van der Waals surface area contributed by atoms with E-state index in [2.05, 4.69) is 10.2 Å². The van der Waals surface area contributed by atoms with Gasteiger partial charge in [-0.1, -0.05) is 6.92 Å². The second-order valence-corrected chi connectivity index (χ2v) is 3.34. The topological polar surface area (TPSA) is 73.9 Å². The zero-order chi connectivity index (χ0) is 13.5. The third-order valence-electron chi connectivity index (χ3n) is 2.19. The van der Waals surface area contributed by atoms with Crippen LogP contribution in [0.15, 0.2) is 18.2 Å². The van der Waals surface area contributed by atoms with Crippen LogP contribution in [0, 0.1) is 0 Å². The van der Waals surface area contributed by atoms with E-state index in [4.69, 9.17) is 9.57 Å². The highest BCUT2D eigenvalue weighted by Gasteiger charge is 2.11. The third kappa shape index (κ3) is 3.38. The molecule has 0 aliphatic carbocycles. The van der Waals surface area contributed by atoms with Crippen LogP contribution in [0.4, 0.5) is 5.69 Å². The largest absolute Gasteiger partial charge is 0.494 e. The molecular weight excluding hydrogens is 238 g/mol. The van der Waals surface area contributed by atoms with Crippen molar-refractivity contribution in [3.8, 4) is 5.75 Å². The van der Waals surface area contributed by atoms with Crippen LogP contribution in [0.25, 0.3) is 0 Å². The minimum Gasteiger partial charge on any atom is -0.494 e. The van der Waals surface area contributed by atoms with E-state index in [9.17, 15) is 9.59 Å². The minimum absolute atomic E-state index is 0.259. The maximum Gasteiger partial charge on any atom is 0.337 e. The highest BCUT2D eigenvalue weighted by Crippen LogP contribution is 2.25. The van der Waals surface area contributed by atoms with E-state index in [1.807, 2.05) is 0 Å². The molecule has 98 valence electrons. The molecule has 0 fully saturated rings. The number of anilines is 1. The van der Waals surface area contributed by atoms with Gasteiger partial charge >= 0.3 is 11.9 Å². The maximum atomic E-state index is 11.3. The smallest absolute Gasteiger partial charge is 0.337 e. The quantitative estimate of drug-likeness (QED) is 0.636. The summed E-state index contributed by atoms with van der Waals surface area (Å²) in [5.41, 5.74) is 3.27. The Morgan fingerprint density at radius 1 is 1.28 bits per heavy atom. The van der Waals surface area contributed by atoms with Crippen molar-refractivity contribution in [2.24, 2.45) is 0 Å². The molecule has 0 saturated carbocycles. The van der Waals surface area contributed by atoms with Crippen molar-refractivity contribution in [3.05, 3.63) is 23.8 Å². The lowest BCUT2D eigenvalue weighted by molar-refractivity contribution is -0.140. The van der Waals surface area contributed by atoms with Gasteiger partial charge in [-0.2, -0.15) is 0 Å². The van der Waals surface area contributed by atoms with Crippen molar-refractivity contribution in [3.63, 3.8) is 0 Å². The summed E-state index contributed by atoms with van der Waals surface area (Å²) in [6.45, 7) is 1.68. The van der Waals surface area contributed by atoms with Gasteiger partial charge in [-0.3, -0.25) is 0 Å². The standard InChI is InChI=1S/C12H15NO5/c1-4-11(14)18-13-9-6-5-8(12(15)17-3)7-10(9)16-2/h5-7,13H,4H2,1-3H3. The fraction of sp³-hybridized carbons (Fsp3) is 0.333. The monoisotopic (exact) mass is 253 g/mol. The summed E-state index contributed by atoms with van der Waals surface area (Å²) in [5, 5.41) is 0. The Bertz CT molecular complexity index is 444. The number of methoxy groups -OCH3 is 2. The molecule has 0 radical (unpaired) electrons. The molecule has 6 nitrogen and oxygen atoms in total. The highest BCUT2D eigenvalue weighted by atomic mass is 16.7. The molecule has 0 bridgehead atoms. The van der Waals surface area contributed by atoms with Gasteiger partial charge in [0.2, 0.25) is 0 Å². The third-order valence-corrected chi connectivity index (χ3v) is 2.19. The van der Waals surface area contributed by atoms with Crippen LogP contribution in [-0.2, 0) is 14.4 Å². The van der Waals surface area contributed by atoms with Gasteiger partial charge in [-0.25, -0.2) is 15.1 Å². The van der Waals surface area contributed by atoms with Gasteiger partial charge in [-0.05, 0) is 18.2 Å². The molecule has 6 heteroatoms. The van der Waals surface area contributed by atoms with Crippen molar-refractivity contribution in [1.82, 2.24) is 0 Å². The lowest BCUT2D eigenvalue weighted by Gasteiger charge is -2.11. The van der Waals surface area contributed by atoms with Gasteiger partial charge in [0.25, 0.3) is 0 Å². The molecule has 0 amide bonds. The molecule has 0 saturated heterocycles.